The third-order valence-corrected chi connectivity index (χ3v) is 4.23. The van der Waals surface area contributed by atoms with Crippen molar-refractivity contribution in [3.05, 3.63) is 41.9 Å². The number of hydrogen-bond acceptors (Lipinski definition) is 3. The number of rotatable bonds is 4. The van der Waals surface area contributed by atoms with Crippen LogP contribution in [0, 0.1) is 6.92 Å². The highest BCUT2D eigenvalue weighted by Gasteiger charge is 2.13. The number of aliphatic imine (C=N–C) groups is 1. The normalized spacial score (nSPS) is 16.5. The molecule has 2 aromatic rings. The molecule has 122 valence electrons. The van der Waals surface area contributed by atoms with Crippen molar-refractivity contribution in [2.75, 3.05) is 0 Å². The lowest BCUT2D eigenvalue weighted by Crippen LogP contribution is -2.41. The SMILES string of the molecule is Cc1ccc(-c2cnc(CN=C(N)NC3CCCCC3)o2)cc1. The van der Waals surface area contributed by atoms with Crippen LogP contribution in [0.2, 0.25) is 0 Å². The van der Waals surface area contributed by atoms with Crippen LogP contribution in [0.3, 0.4) is 0 Å². The second-order valence-corrected chi connectivity index (χ2v) is 6.17. The summed E-state index contributed by atoms with van der Waals surface area (Å²) in [6, 6.07) is 8.63. The first kappa shape index (κ1) is 15.6. The summed E-state index contributed by atoms with van der Waals surface area (Å²) < 4.78 is 5.75. The Morgan fingerprint density at radius 2 is 2.00 bits per heavy atom. The average Bonchev–Trinajstić information content (AvgIpc) is 3.04. The van der Waals surface area contributed by atoms with Crippen LogP contribution in [0.15, 0.2) is 39.9 Å². The van der Waals surface area contributed by atoms with Crippen molar-refractivity contribution in [3.8, 4) is 11.3 Å². The summed E-state index contributed by atoms with van der Waals surface area (Å²) in [7, 11) is 0. The third kappa shape index (κ3) is 4.34. The maximum atomic E-state index is 5.96. The minimum Gasteiger partial charge on any atom is -0.439 e. The molecule has 1 aromatic carbocycles. The Bertz CT molecular complexity index is 654. The second kappa shape index (κ2) is 7.31. The zero-order valence-corrected chi connectivity index (χ0v) is 13.6. The Morgan fingerprint density at radius 1 is 1.26 bits per heavy atom. The van der Waals surface area contributed by atoms with Crippen molar-refractivity contribution in [1.82, 2.24) is 10.3 Å². The molecule has 1 heterocycles. The first-order valence-electron chi connectivity index (χ1n) is 8.29. The van der Waals surface area contributed by atoms with E-state index in [0.717, 1.165) is 11.3 Å². The van der Waals surface area contributed by atoms with E-state index >= 15 is 0 Å². The summed E-state index contributed by atoms with van der Waals surface area (Å²) >= 11 is 0. The molecular formula is C18H24N4O. The minimum atomic E-state index is 0.359. The quantitative estimate of drug-likeness (QED) is 0.670. The van der Waals surface area contributed by atoms with E-state index in [0.29, 0.717) is 24.4 Å². The van der Waals surface area contributed by atoms with Gasteiger partial charge in [-0.05, 0) is 19.8 Å². The molecule has 0 radical (unpaired) electrons. The number of aryl methyl sites for hydroxylation is 1. The highest BCUT2D eigenvalue weighted by molar-refractivity contribution is 5.78. The van der Waals surface area contributed by atoms with Gasteiger partial charge in [0.1, 0.15) is 6.54 Å². The fraction of sp³-hybridized carbons (Fsp3) is 0.444. The maximum Gasteiger partial charge on any atom is 0.216 e. The van der Waals surface area contributed by atoms with Gasteiger partial charge in [0.05, 0.1) is 6.20 Å². The van der Waals surface area contributed by atoms with E-state index in [-0.39, 0.29) is 0 Å². The molecule has 1 aromatic heterocycles. The molecule has 1 fully saturated rings. The van der Waals surface area contributed by atoms with Gasteiger partial charge in [0.2, 0.25) is 5.89 Å². The van der Waals surface area contributed by atoms with Crippen molar-refractivity contribution in [3.63, 3.8) is 0 Å². The van der Waals surface area contributed by atoms with Gasteiger partial charge in [-0.1, -0.05) is 49.1 Å². The van der Waals surface area contributed by atoms with Crippen LogP contribution in [0.1, 0.15) is 43.6 Å². The monoisotopic (exact) mass is 312 g/mol. The van der Waals surface area contributed by atoms with Crippen molar-refractivity contribution in [2.45, 2.75) is 51.6 Å². The van der Waals surface area contributed by atoms with Crippen LogP contribution in [0.4, 0.5) is 0 Å². The molecule has 1 aliphatic carbocycles. The zero-order valence-electron chi connectivity index (χ0n) is 13.6. The second-order valence-electron chi connectivity index (χ2n) is 6.17. The van der Waals surface area contributed by atoms with Crippen molar-refractivity contribution in [2.24, 2.45) is 10.7 Å². The van der Waals surface area contributed by atoms with E-state index in [4.69, 9.17) is 10.2 Å². The predicted molar refractivity (Wildman–Crippen MR) is 92.0 cm³/mol. The molecule has 0 atom stereocenters. The molecule has 0 spiro atoms. The number of guanidine groups is 1. The maximum absolute atomic E-state index is 5.96. The van der Waals surface area contributed by atoms with Gasteiger partial charge in [0.15, 0.2) is 11.7 Å². The Balaban J connectivity index is 1.57. The molecule has 0 bridgehead atoms. The predicted octanol–water partition coefficient (Wildman–Crippen LogP) is 3.39. The van der Waals surface area contributed by atoms with Crippen molar-refractivity contribution in [1.29, 1.82) is 0 Å². The summed E-state index contributed by atoms with van der Waals surface area (Å²) in [6.07, 6.45) is 7.95. The van der Waals surface area contributed by atoms with Gasteiger partial charge in [-0.25, -0.2) is 9.98 Å². The Labute approximate surface area is 137 Å². The summed E-state index contributed by atoms with van der Waals surface area (Å²) in [5.74, 6) is 1.81. The molecule has 0 aliphatic heterocycles. The number of aromatic nitrogens is 1. The minimum absolute atomic E-state index is 0.359. The molecule has 0 amide bonds. The number of nitrogens with two attached hydrogens (primary N) is 1. The van der Waals surface area contributed by atoms with Gasteiger partial charge < -0.3 is 15.5 Å². The first-order valence-corrected chi connectivity index (χ1v) is 8.29. The van der Waals surface area contributed by atoms with E-state index in [1.165, 1.54) is 37.7 Å². The average molecular weight is 312 g/mol. The molecular weight excluding hydrogens is 288 g/mol. The smallest absolute Gasteiger partial charge is 0.216 e. The summed E-state index contributed by atoms with van der Waals surface area (Å²) in [6.45, 7) is 2.42. The topological polar surface area (TPSA) is 76.4 Å². The lowest BCUT2D eigenvalue weighted by atomic mass is 9.96. The number of oxazole rings is 1. The zero-order chi connectivity index (χ0) is 16.1. The van der Waals surface area contributed by atoms with Crippen LogP contribution in [0.25, 0.3) is 11.3 Å². The standard InChI is InChI=1S/C18H24N4O/c1-13-7-9-14(10-8-13)16-11-20-17(23-16)12-21-18(19)22-15-5-3-2-4-6-15/h7-11,15H,2-6,12H2,1H3,(H3,19,21,22). The number of nitrogens with one attached hydrogen (secondary N) is 1. The van der Waals surface area contributed by atoms with Gasteiger partial charge in [0, 0.05) is 11.6 Å². The van der Waals surface area contributed by atoms with Gasteiger partial charge in [-0.2, -0.15) is 0 Å². The third-order valence-electron chi connectivity index (χ3n) is 4.23. The summed E-state index contributed by atoms with van der Waals surface area (Å²) in [4.78, 5) is 8.61. The molecule has 3 rings (SSSR count). The lowest BCUT2D eigenvalue weighted by Gasteiger charge is -2.23. The highest BCUT2D eigenvalue weighted by Crippen LogP contribution is 2.21. The van der Waals surface area contributed by atoms with E-state index in [1.54, 1.807) is 6.20 Å². The Kier molecular flexibility index (Phi) is 4.95. The molecule has 5 nitrogen and oxygen atoms in total. The molecule has 1 aliphatic rings. The van der Waals surface area contributed by atoms with Gasteiger partial charge in [-0.3, -0.25) is 0 Å². The molecule has 0 unspecified atom stereocenters. The summed E-state index contributed by atoms with van der Waals surface area (Å²) in [5, 5.41) is 3.29. The fourth-order valence-corrected chi connectivity index (χ4v) is 2.89. The van der Waals surface area contributed by atoms with Crippen molar-refractivity contribution < 1.29 is 4.42 Å². The highest BCUT2D eigenvalue weighted by atomic mass is 16.4. The van der Waals surface area contributed by atoms with Gasteiger partial charge in [0.25, 0.3) is 0 Å². The van der Waals surface area contributed by atoms with Crippen LogP contribution < -0.4 is 11.1 Å². The van der Waals surface area contributed by atoms with E-state index in [1.807, 2.05) is 12.1 Å². The number of nitrogens with zero attached hydrogens (tertiary/aromatic N) is 2. The fourth-order valence-electron chi connectivity index (χ4n) is 2.89. The van der Waals surface area contributed by atoms with Crippen LogP contribution in [-0.4, -0.2) is 17.0 Å². The first-order chi connectivity index (χ1) is 11.2. The van der Waals surface area contributed by atoms with Crippen LogP contribution in [0.5, 0.6) is 0 Å². The van der Waals surface area contributed by atoms with E-state index in [9.17, 15) is 0 Å². The number of hydrogen-bond donors (Lipinski definition) is 2. The lowest BCUT2D eigenvalue weighted by molar-refractivity contribution is 0.412. The van der Waals surface area contributed by atoms with Crippen LogP contribution in [-0.2, 0) is 6.54 Å². The molecule has 1 saturated carbocycles. The number of benzene rings is 1. The van der Waals surface area contributed by atoms with Crippen molar-refractivity contribution >= 4 is 5.96 Å². The van der Waals surface area contributed by atoms with E-state index < -0.39 is 0 Å². The largest absolute Gasteiger partial charge is 0.439 e. The summed E-state index contributed by atoms with van der Waals surface area (Å²) in [5.41, 5.74) is 8.20. The van der Waals surface area contributed by atoms with Gasteiger partial charge in [-0.15, -0.1) is 0 Å². The molecule has 3 N–H and O–H groups in total. The molecule has 0 saturated heterocycles. The molecule has 23 heavy (non-hydrogen) atoms. The molecule has 5 heteroatoms. The van der Waals surface area contributed by atoms with E-state index in [2.05, 4.69) is 34.3 Å². The van der Waals surface area contributed by atoms with Gasteiger partial charge >= 0.3 is 0 Å². The Morgan fingerprint density at radius 3 is 2.74 bits per heavy atom. The van der Waals surface area contributed by atoms with Crippen LogP contribution >= 0.6 is 0 Å². The Hall–Kier alpha value is -2.30.